The van der Waals surface area contributed by atoms with Crippen molar-refractivity contribution in [3.63, 3.8) is 0 Å². The molecule has 2 aliphatic carbocycles. The average Bonchev–Trinajstić information content (AvgIpc) is 3.01. The van der Waals surface area contributed by atoms with Gasteiger partial charge in [-0.15, -0.1) is 0 Å². The number of ether oxygens (including phenoxy) is 1. The number of hydrogen-bond donors (Lipinski definition) is 1. The van der Waals surface area contributed by atoms with Crippen LogP contribution in [0.5, 0.6) is 0 Å². The molecule has 0 amide bonds. The zero-order valence-corrected chi connectivity index (χ0v) is 11.2. The van der Waals surface area contributed by atoms with E-state index in [9.17, 15) is 4.79 Å². The number of nitrogens with two attached hydrogens (primary N) is 1. The van der Waals surface area contributed by atoms with Crippen molar-refractivity contribution in [2.45, 2.75) is 32.1 Å². The Kier molecular flexibility index (Phi) is 3.45. The summed E-state index contributed by atoms with van der Waals surface area (Å²) in [6.45, 7) is 0.604. The van der Waals surface area contributed by atoms with Crippen LogP contribution in [0, 0.1) is 17.8 Å². The highest BCUT2D eigenvalue weighted by molar-refractivity contribution is 5.74. The van der Waals surface area contributed by atoms with Gasteiger partial charge in [0.05, 0.1) is 13.0 Å². The minimum Gasteiger partial charge on any atom is -0.465 e. The molecule has 2 bridgehead atoms. The maximum atomic E-state index is 11.8. The summed E-state index contributed by atoms with van der Waals surface area (Å²) in [4.78, 5) is 11.8. The van der Waals surface area contributed by atoms with E-state index in [1.807, 2.05) is 24.3 Å². The second-order valence-corrected chi connectivity index (χ2v) is 5.99. The Hall–Kier alpha value is -1.51. The number of esters is 1. The molecule has 3 nitrogen and oxygen atoms in total. The Morgan fingerprint density at radius 1 is 1.26 bits per heavy atom. The topological polar surface area (TPSA) is 52.3 Å². The first kappa shape index (κ1) is 12.5. The van der Waals surface area contributed by atoms with Gasteiger partial charge in [-0.1, -0.05) is 24.6 Å². The molecule has 3 heteroatoms. The van der Waals surface area contributed by atoms with Crippen LogP contribution in [-0.4, -0.2) is 12.6 Å². The van der Waals surface area contributed by atoms with Gasteiger partial charge in [0.2, 0.25) is 0 Å². The van der Waals surface area contributed by atoms with E-state index < -0.39 is 0 Å². The summed E-state index contributed by atoms with van der Waals surface area (Å²) < 4.78 is 5.44. The first-order chi connectivity index (χ1) is 9.22. The fourth-order valence-corrected chi connectivity index (χ4v) is 3.68. The van der Waals surface area contributed by atoms with Crippen LogP contribution in [-0.2, 0) is 16.0 Å². The van der Waals surface area contributed by atoms with Crippen LogP contribution in [0.25, 0.3) is 0 Å². The van der Waals surface area contributed by atoms with E-state index in [0.29, 0.717) is 18.2 Å². The number of carbonyl (C=O) groups excluding carboxylic acids is 1. The van der Waals surface area contributed by atoms with E-state index in [1.165, 1.54) is 25.7 Å². The van der Waals surface area contributed by atoms with Crippen molar-refractivity contribution < 1.29 is 9.53 Å². The molecular weight excluding hydrogens is 238 g/mol. The van der Waals surface area contributed by atoms with Gasteiger partial charge in [-0.2, -0.15) is 0 Å². The molecular formula is C16H21NO2. The summed E-state index contributed by atoms with van der Waals surface area (Å²) in [6.07, 6.45) is 5.61. The van der Waals surface area contributed by atoms with Crippen molar-refractivity contribution in [3.8, 4) is 0 Å². The summed E-state index contributed by atoms with van der Waals surface area (Å²) in [5.41, 5.74) is 7.36. The number of hydrogen-bond acceptors (Lipinski definition) is 3. The molecule has 2 N–H and O–H groups in total. The molecule has 2 aliphatic rings. The van der Waals surface area contributed by atoms with Crippen LogP contribution >= 0.6 is 0 Å². The predicted molar refractivity (Wildman–Crippen MR) is 74.5 cm³/mol. The fourth-order valence-electron chi connectivity index (χ4n) is 3.68. The summed E-state index contributed by atoms with van der Waals surface area (Å²) in [6, 6.07) is 7.47. The molecule has 3 atom stereocenters. The summed E-state index contributed by atoms with van der Waals surface area (Å²) in [5.74, 6) is 2.16. The van der Waals surface area contributed by atoms with Crippen molar-refractivity contribution in [1.29, 1.82) is 0 Å². The van der Waals surface area contributed by atoms with Crippen LogP contribution < -0.4 is 5.73 Å². The summed E-state index contributed by atoms with van der Waals surface area (Å²) in [5, 5.41) is 0. The second kappa shape index (κ2) is 5.24. The van der Waals surface area contributed by atoms with E-state index >= 15 is 0 Å². The van der Waals surface area contributed by atoms with E-state index in [0.717, 1.165) is 17.4 Å². The lowest BCUT2D eigenvalue weighted by atomic mass is 9.89. The quantitative estimate of drug-likeness (QED) is 0.668. The van der Waals surface area contributed by atoms with Crippen molar-refractivity contribution in [2.75, 3.05) is 12.3 Å². The minimum absolute atomic E-state index is 0.152. The molecule has 2 fully saturated rings. The molecule has 0 radical (unpaired) electrons. The zero-order valence-electron chi connectivity index (χ0n) is 11.2. The van der Waals surface area contributed by atoms with Gasteiger partial charge in [0.1, 0.15) is 0 Å². The number of carbonyl (C=O) groups is 1. The molecule has 3 unspecified atom stereocenters. The smallest absolute Gasteiger partial charge is 0.310 e. The first-order valence-corrected chi connectivity index (χ1v) is 7.21. The lowest BCUT2D eigenvalue weighted by molar-refractivity contribution is -0.144. The molecule has 1 aromatic rings. The van der Waals surface area contributed by atoms with Crippen molar-refractivity contribution >= 4 is 11.7 Å². The molecule has 0 saturated heterocycles. The average molecular weight is 259 g/mol. The highest BCUT2D eigenvalue weighted by atomic mass is 16.5. The molecule has 3 rings (SSSR count). The Labute approximate surface area is 114 Å². The number of rotatable bonds is 4. The van der Waals surface area contributed by atoms with E-state index in [2.05, 4.69) is 0 Å². The normalized spacial score (nSPS) is 28.5. The highest BCUT2D eigenvalue weighted by Gasteiger charge is 2.39. The first-order valence-electron chi connectivity index (χ1n) is 7.21. The van der Waals surface area contributed by atoms with Crippen molar-refractivity contribution in [3.05, 3.63) is 29.8 Å². The van der Waals surface area contributed by atoms with E-state index in [-0.39, 0.29) is 12.4 Å². The van der Waals surface area contributed by atoms with Gasteiger partial charge in [-0.3, -0.25) is 4.79 Å². The van der Waals surface area contributed by atoms with Gasteiger partial charge in [0.25, 0.3) is 0 Å². The number of anilines is 1. The zero-order chi connectivity index (χ0) is 13.2. The van der Waals surface area contributed by atoms with Gasteiger partial charge in [-0.05, 0) is 48.6 Å². The fraction of sp³-hybridized carbons (Fsp3) is 0.562. The molecule has 19 heavy (non-hydrogen) atoms. The summed E-state index contributed by atoms with van der Waals surface area (Å²) in [7, 11) is 0. The van der Waals surface area contributed by atoms with E-state index in [1.54, 1.807) is 0 Å². The molecule has 2 saturated carbocycles. The SMILES string of the molecule is Nc1ccccc1CC(=O)OCC1CC2CCC1C2. The van der Waals surface area contributed by atoms with Crippen LogP contribution in [0.3, 0.4) is 0 Å². The molecule has 0 heterocycles. The Bertz CT molecular complexity index is 472. The highest BCUT2D eigenvalue weighted by Crippen LogP contribution is 2.48. The minimum atomic E-state index is -0.152. The van der Waals surface area contributed by atoms with Gasteiger partial charge in [0, 0.05) is 5.69 Å². The van der Waals surface area contributed by atoms with Crippen LogP contribution in [0.2, 0.25) is 0 Å². The molecule has 0 aliphatic heterocycles. The van der Waals surface area contributed by atoms with Gasteiger partial charge in [0.15, 0.2) is 0 Å². The largest absolute Gasteiger partial charge is 0.465 e. The van der Waals surface area contributed by atoms with E-state index in [4.69, 9.17) is 10.5 Å². The maximum Gasteiger partial charge on any atom is 0.310 e. The molecule has 102 valence electrons. The van der Waals surface area contributed by atoms with Crippen LogP contribution in [0.4, 0.5) is 5.69 Å². The standard InChI is InChI=1S/C16H21NO2/c17-15-4-2-1-3-13(15)9-16(18)19-10-14-8-11-5-6-12(14)7-11/h1-4,11-12,14H,5-10,17H2. The third-order valence-corrected chi connectivity index (χ3v) is 4.73. The van der Waals surface area contributed by atoms with Crippen LogP contribution in [0.15, 0.2) is 24.3 Å². The Balaban J connectivity index is 1.48. The number of fused-ring (bicyclic) bond motifs is 2. The lowest BCUT2D eigenvalue weighted by Gasteiger charge is -2.21. The monoisotopic (exact) mass is 259 g/mol. The van der Waals surface area contributed by atoms with Crippen LogP contribution in [0.1, 0.15) is 31.2 Å². The van der Waals surface area contributed by atoms with Crippen molar-refractivity contribution in [1.82, 2.24) is 0 Å². The predicted octanol–water partition coefficient (Wildman–Crippen LogP) is 2.79. The third-order valence-electron chi connectivity index (χ3n) is 4.73. The third kappa shape index (κ3) is 2.75. The Morgan fingerprint density at radius 2 is 2.11 bits per heavy atom. The van der Waals surface area contributed by atoms with Gasteiger partial charge in [-0.25, -0.2) is 0 Å². The molecule has 0 aromatic heterocycles. The van der Waals surface area contributed by atoms with Gasteiger partial charge >= 0.3 is 5.97 Å². The number of para-hydroxylation sites is 1. The molecule has 1 aromatic carbocycles. The number of nitrogen functional groups attached to an aromatic ring is 1. The Morgan fingerprint density at radius 3 is 2.79 bits per heavy atom. The molecule has 0 spiro atoms. The lowest BCUT2D eigenvalue weighted by Crippen LogP contribution is -2.20. The second-order valence-electron chi connectivity index (χ2n) is 5.99. The van der Waals surface area contributed by atoms with Gasteiger partial charge < -0.3 is 10.5 Å². The summed E-state index contributed by atoms with van der Waals surface area (Å²) >= 11 is 0. The maximum absolute atomic E-state index is 11.8. The number of benzene rings is 1. The van der Waals surface area contributed by atoms with Crippen molar-refractivity contribution in [2.24, 2.45) is 17.8 Å².